The van der Waals surface area contributed by atoms with Crippen molar-refractivity contribution in [2.75, 3.05) is 10.5 Å². The molecule has 0 amide bonds. The number of benzene rings is 2. The second-order valence-electron chi connectivity index (χ2n) is 4.85. The van der Waals surface area contributed by atoms with Crippen molar-refractivity contribution >= 4 is 21.4 Å². The van der Waals surface area contributed by atoms with Gasteiger partial charge in [-0.05, 0) is 49.6 Å². The van der Waals surface area contributed by atoms with E-state index in [1.54, 1.807) is 31.2 Å². The van der Waals surface area contributed by atoms with Gasteiger partial charge >= 0.3 is 0 Å². The van der Waals surface area contributed by atoms with Crippen molar-refractivity contribution in [2.45, 2.75) is 25.7 Å². The number of anilines is 2. The molecule has 0 aliphatic carbocycles. The number of hydrogen-bond acceptors (Lipinski definition) is 3. The van der Waals surface area contributed by atoms with E-state index in [2.05, 4.69) is 4.72 Å². The molecule has 0 atom stereocenters. The van der Waals surface area contributed by atoms with E-state index in [9.17, 15) is 8.42 Å². The van der Waals surface area contributed by atoms with Crippen LogP contribution in [0.5, 0.6) is 0 Å². The van der Waals surface area contributed by atoms with Crippen LogP contribution < -0.4 is 10.5 Å². The topological polar surface area (TPSA) is 72.2 Å². The Kier molecular flexibility index (Phi) is 3.72. The first-order valence-corrected chi connectivity index (χ1v) is 7.75. The third-order valence-corrected chi connectivity index (χ3v) is 4.94. The average Bonchev–Trinajstić information content (AvgIpc) is 2.34. The van der Waals surface area contributed by atoms with Gasteiger partial charge in [-0.2, -0.15) is 0 Å². The first-order chi connectivity index (χ1) is 9.33. The molecule has 0 saturated heterocycles. The van der Waals surface area contributed by atoms with Gasteiger partial charge in [0.25, 0.3) is 10.0 Å². The summed E-state index contributed by atoms with van der Waals surface area (Å²) in [5.74, 6) is 0. The molecular weight excluding hydrogens is 272 g/mol. The Morgan fingerprint density at radius 3 is 2.20 bits per heavy atom. The minimum atomic E-state index is -3.69. The smallest absolute Gasteiger partial charge is 0.264 e. The summed E-state index contributed by atoms with van der Waals surface area (Å²) in [4.78, 5) is 0.140. The standard InChI is InChI=1S/C15H18N2O2S/c1-10-6-5-9-14(12(10)3)17-20(18,19)15-11(2)7-4-8-13(15)16/h4-9,17H,16H2,1-3H3. The van der Waals surface area contributed by atoms with E-state index in [0.717, 1.165) is 11.1 Å². The highest BCUT2D eigenvalue weighted by molar-refractivity contribution is 7.93. The van der Waals surface area contributed by atoms with Gasteiger partial charge in [0, 0.05) is 0 Å². The summed E-state index contributed by atoms with van der Waals surface area (Å²) in [6, 6.07) is 10.6. The Hall–Kier alpha value is -2.01. The zero-order valence-corrected chi connectivity index (χ0v) is 12.6. The van der Waals surface area contributed by atoms with Crippen LogP contribution in [0.15, 0.2) is 41.3 Å². The maximum Gasteiger partial charge on any atom is 0.264 e. The summed E-state index contributed by atoms with van der Waals surface area (Å²) >= 11 is 0. The molecule has 0 aliphatic heterocycles. The van der Waals surface area contributed by atoms with Gasteiger partial charge in [-0.3, -0.25) is 4.72 Å². The largest absolute Gasteiger partial charge is 0.398 e. The first-order valence-electron chi connectivity index (χ1n) is 6.27. The van der Waals surface area contributed by atoms with E-state index in [4.69, 9.17) is 5.73 Å². The van der Waals surface area contributed by atoms with Crippen LogP contribution in [0, 0.1) is 20.8 Å². The molecule has 0 unspecified atom stereocenters. The van der Waals surface area contributed by atoms with Gasteiger partial charge in [0.15, 0.2) is 0 Å². The summed E-state index contributed by atoms with van der Waals surface area (Å²) in [6.45, 7) is 5.55. The van der Waals surface area contributed by atoms with E-state index in [1.165, 1.54) is 0 Å². The molecular formula is C15H18N2O2S. The van der Waals surface area contributed by atoms with Gasteiger partial charge in [-0.15, -0.1) is 0 Å². The molecule has 0 heterocycles. The Bertz CT molecular complexity index is 732. The predicted octanol–water partition coefficient (Wildman–Crippen LogP) is 2.99. The Labute approximate surface area is 119 Å². The molecule has 0 aromatic heterocycles. The molecule has 4 nitrogen and oxygen atoms in total. The molecule has 20 heavy (non-hydrogen) atoms. The van der Waals surface area contributed by atoms with Crippen LogP contribution in [0.25, 0.3) is 0 Å². The molecule has 2 rings (SSSR count). The fourth-order valence-electron chi connectivity index (χ4n) is 2.10. The van der Waals surface area contributed by atoms with E-state index < -0.39 is 10.0 Å². The number of rotatable bonds is 3. The highest BCUT2D eigenvalue weighted by Crippen LogP contribution is 2.26. The summed E-state index contributed by atoms with van der Waals surface area (Å²) in [5.41, 5.74) is 9.20. The lowest BCUT2D eigenvalue weighted by atomic mass is 10.1. The van der Waals surface area contributed by atoms with Crippen molar-refractivity contribution in [3.8, 4) is 0 Å². The van der Waals surface area contributed by atoms with E-state index in [-0.39, 0.29) is 10.6 Å². The van der Waals surface area contributed by atoms with Crippen LogP contribution in [0.1, 0.15) is 16.7 Å². The molecule has 2 aromatic carbocycles. The number of aryl methyl sites for hydroxylation is 2. The van der Waals surface area contributed by atoms with Crippen molar-refractivity contribution < 1.29 is 8.42 Å². The lowest BCUT2D eigenvalue weighted by Gasteiger charge is -2.15. The van der Waals surface area contributed by atoms with Crippen LogP contribution in [0.3, 0.4) is 0 Å². The van der Waals surface area contributed by atoms with Crippen molar-refractivity contribution in [2.24, 2.45) is 0 Å². The SMILES string of the molecule is Cc1cccc(NS(=O)(=O)c2c(C)cccc2N)c1C. The summed E-state index contributed by atoms with van der Waals surface area (Å²) in [7, 11) is -3.69. The predicted molar refractivity (Wildman–Crippen MR) is 82.3 cm³/mol. The molecule has 106 valence electrons. The van der Waals surface area contributed by atoms with Gasteiger partial charge in [-0.1, -0.05) is 24.3 Å². The fourth-order valence-corrected chi connectivity index (χ4v) is 3.58. The maximum absolute atomic E-state index is 12.5. The van der Waals surface area contributed by atoms with Crippen molar-refractivity contribution in [1.82, 2.24) is 0 Å². The summed E-state index contributed by atoms with van der Waals surface area (Å²) in [6.07, 6.45) is 0. The highest BCUT2D eigenvalue weighted by atomic mass is 32.2. The molecule has 0 radical (unpaired) electrons. The first kappa shape index (κ1) is 14.4. The minimum absolute atomic E-state index is 0.140. The van der Waals surface area contributed by atoms with Crippen LogP contribution in [0.4, 0.5) is 11.4 Å². The molecule has 0 fully saturated rings. The minimum Gasteiger partial charge on any atom is -0.398 e. The van der Waals surface area contributed by atoms with E-state index >= 15 is 0 Å². The number of sulfonamides is 1. The van der Waals surface area contributed by atoms with Crippen molar-refractivity contribution in [1.29, 1.82) is 0 Å². The second kappa shape index (κ2) is 5.17. The van der Waals surface area contributed by atoms with Crippen LogP contribution >= 0.6 is 0 Å². The number of nitrogen functional groups attached to an aromatic ring is 1. The third kappa shape index (κ3) is 2.63. The monoisotopic (exact) mass is 290 g/mol. The van der Waals surface area contributed by atoms with E-state index in [1.807, 2.05) is 26.0 Å². The van der Waals surface area contributed by atoms with Crippen LogP contribution in [-0.2, 0) is 10.0 Å². The molecule has 0 spiro atoms. The molecule has 2 aromatic rings. The van der Waals surface area contributed by atoms with Crippen molar-refractivity contribution in [3.63, 3.8) is 0 Å². The second-order valence-corrected chi connectivity index (χ2v) is 6.47. The lowest BCUT2D eigenvalue weighted by Crippen LogP contribution is -2.17. The van der Waals surface area contributed by atoms with Gasteiger partial charge in [-0.25, -0.2) is 8.42 Å². The Morgan fingerprint density at radius 2 is 1.55 bits per heavy atom. The van der Waals surface area contributed by atoms with Crippen molar-refractivity contribution in [3.05, 3.63) is 53.1 Å². The normalized spacial score (nSPS) is 11.3. The maximum atomic E-state index is 12.5. The highest BCUT2D eigenvalue weighted by Gasteiger charge is 2.20. The molecule has 0 aliphatic rings. The zero-order valence-electron chi connectivity index (χ0n) is 11.8. The number of nitrogens with two attached hydrogens (primary N) is 1. The molecule has 3 N–H and O–H groups in total. The Balaban J connectivity index is 2.50. The van der Waals surface area contributed by atoms with Gasteiger partial charge < -0.3 is 5.73 Å². The van der Waals surface area contributed by atoms with E-state index in [0.29, 0.717) is 11.3 Å². The number of hydrogen-bond donors (Lipinski definition) is 2. The quantitative estimate of drug-likeness (QED) is 0.854. The molecule has 5 heteroatoms. The Morgan fingerprint density at radius 1 is 0.950 bits per heavy atom. The van der Waals surface area contributed by atoms with Gasteiger partial charge in [0.1, 0.15) is 4.90 Å². The zero-order chi connectivity index (χ0) is 14.9. The third-order valence-electron chi connectivity index (χ3n) is 3.36. The summed E-state index contributed by atoms with van der Waals surface area (Å²) in [5, 5.41) is 0. The average molecular weight is 290 g/mol. The van der Waals surface area contributed by atoms with Gasteiger partial charge in [0.2, 0.25) is 0 Å². The van der Waals surface area contributed by atoms with Crippen LogP contribution in [-0.4, -0.2) is 8.42 Å². The summed E-state index contributed by atoms with van der Waals surface area (Å²) < 4.78 is 27.6. The molecule has 0 saturated carbocycles. The van der Waals surface area contributed by atoms with Gasteiger partial charge in [0.05, 0.1) is 11.4 Å². The number of nitrogens with one attached hydrogen (secondary N) is 1. The fraction of sp³-hybridized carbons (Fsp3) is 0.200. The molecule has 0 bridgehead atoms. The van der Waals surface area contributed by atoms with Crippen LogP contribution in [0.2, 0.25) is 0 Å². The lowest BCUT2D eigenvalue weighted by molar-refractivity contribution is 0.601.